The van der Waals surface area contributed by atoms with E-state index >= 15 is 0 Å². The van der Waals surface area contributed by atoms with Gasteiger partial charge in [-0.1, -0.05) is 96.2 Å². The Kier molecular flexibility index (Phi) is 10.7. The quantitative estimate of drug-likeness (QED) is 0.0422. The highest BCUT2D eigenvalue weighted by atomic mass is 32.2. The van der Waals surface area contributed by atoms with Crippen molar-refractivity contribution in [1.29, 1.82) is 0 Å². The lowest BCUT2D eigenvalue weighted by atomic mass is 9.77. The first-order valence-corrected chi connectivity index (χ1v) is 19.6. The standard InChI is InChI=1S/C35H29F2N7O5S4/c36-32(37)49-42-26(28(45)40-27-29(46)44-18-34(31(47)48,20-52-30(27)44)19-51-25-16-38-53-43-25)24-17-50-33(39-24)41-35(21-10-4-1-5-11-21,22-12-6-2-7-13-22)23-14-8-3-9-15-23/h1-17,27,30,32H,18-20H2,(H,39,41)(H,40,45)(H,47,48)/t27?,30-,34?/m1/s1. The lowest BCUT2D eigenvalue weighted by Crippen LogP contribution is -2.74. The molecule has 3 N–H and O–H groups in total. The van der Waals surface area contributed by atoms with Gasteiger partial charge >= 0.3 is 12.6 Å². The summed E-state index contributed by atoms with van der Waals surface area (Å²) in [6.45, 7) is -3.40. The van der Waals surface area contributed by atoms with Crippen LogP contribution < -0.4 is 10.6 Å². The fourth-order valence-corrected chi connectivity index (χ4v) is 10.2. The zero-order valence-corrected chi connectivity index (χ0v) is 30.6. The van der Waals surface area contributed by atoms with Crippen LogP contribution in [0.1, 0.15) is 22.4 Å². The number of fused-ring (bicyclic) bond motifs is 1. The van der Waals surface area contributed by atoms with Crippen molar-refractivity contribution in [2.24, 2.45) is 10.6 Å². The molecular weight excluding hydrogens is 765 g/mol. The number of aromatic nitrogens is 3. The number of thiazole rings is 1. The summed E-state index contributed by atoms with van der Waals surface area (Å²) in [5.74, 6) is -2.19. The van der Waals surface area contributed by atoms with E-state index in [0.29, 0.717) is 10.2 Å². The molecule has 2 unspecified atom stereocenters. The number of carbonyl (C=O) groups excluding carboxylic acids is 2. The first-order chi connectivity index (χ1) is 25.7. The molecular formula is C35H29F2N7O5S4. The Morgan fingerprint density at radius 2 is 1.66 bits per heavy atom. The number of amides is 2. The van der Waals surface area contributed by atoms with Crippen LogP contribution in [0.2, 0.25) is 0 Å². The minimum Gasteiger partial charge on any atom is -0.481 e. The summed E-state index contributed by atoms with van der Waals surface area (Å²) in [5, 5.41) is 21.6. The second-order valence-corrected chi connectivity index (χ2v) is 15.6. The van der Waals surface area contributed by atoms with Crippen LogP contribution in [0.4, 0.5) is 13.9 Å². The molecule has 3 atom stereocenters. The van der Waals surface area contributed by atoms with Crippen molar-refractivity contribution in [3.63, 3.8) is 0 Å². The summed E-state index contributed by atoms with van der Waals surface area (Å²) >= 11 is 4.61. The molecule has 3 aromatic carbocycles. The monoisotopic (exact) mass is 793 g/mol. The second-order valence-electron chi connectivity index (χ2n) is 12.1. The SMILES string of the molecule is O=C(NC1C(=O)N2CC(CSc3cnsn3)(C(=O)O)CS[C@H]12)C(=NOC(F)F)c1csc(NC(c2ccccc2)(c2ccccc2)c2ccccc2)n1. The highest BCUT2D eigenvalue weighted by molar-refractivity contribution is 8.00. The second kappa shape index (κ2) is 15.6. The Balaban J connectivity index is 1.13. The molecule has 7 rings (SSSR count). The van der Waals surface area contributed by atoms with Gasteiger partial charge in [0, 0.05) is 23.4 Å². The van der Waals surface area contributed by atoms with Gasteiger partial charge in [-0.15, -0.1) is 34.9 Å². The summed E-state index contributed by atoms with van der Waals surface area (Å²) in [4.78, 5) is 49.7. The van der Waals surface area contributed by atoms with Gasteiger partial charge in [-0.25, -0.2) is 4.98 Å². The van der Waals surface area contributed by atoms with Crippen LogP contribution in [0, 0.1) is 5.41 Å². The number of hydrogen-bond acceptors (Lipinski definition) is 13. The van der Waals surface area contributed by atoms with Crippen molar-refractivity contribution in [3.8, 4) is 0 Å². The van der Waals surface area contributed by atoms with Crippen LogP contribution in [-0.4, -0.2) is 83.3 Å². The first kappa shape index (κ1) is 36.4. The van der Waals surface area contributed by atoms with Crippen molar-refractivity contribution >= 4 is 75.2 Å². The Morgan fingerprint density at radius 1 is 1.04 bits per heavy atom. The number of carbonyl (C=O) groups is 3. The van der Waals surface area contributed by atoms with Gasteiger partial charge in [-0.2, -0.15) is 17.5 Å². The van der Waals surface area contributed by atoms with Gasteiger partial charge in [0.1, 0.15) is 33.1 Å². The number of aliphatic carboxylic acids is 1. The molecule has 0 aliphatic carbocycles. The topological polar surface area (TPSA) is 159 Å². The number of thioether (sulfide) groups is 2. The third-order valence-electron chi connectivity index (χ3n) is 8.82. The maximum absolute atomic E-state index is 13.7. The molecule has 2 aromatic heterocycles. The number of nitrogens with one attached hydrogen (secondary N) is 2. The number of carboxylic acids is 1. The molecule has 0 radical (unpaired) electrons. The number of rotatable bonds is 14. The molecule has 272 valence electrons. The van der Waals surface area contributed by atoms with Crippen LogP contribution in [0.25, 0.3) is 0 Å². The number of halogens is 2. The Bertz CT molecular complexity index is 2000. The Morgan fingerprint density at radius 3 is 2.21 bits per heavy atom. The van der Waals surface area contributed by atoms with Crippen molar-refractivity contribution in [2.75, 3.05) is 23.4 Å². The maximum Gasteiger partial charge on any atom is 0.407 e. The normalized spacial score (nSPS) is 20.0. The van der Waals surface area contributed by atoms with Gasteiger partial charge in [0.15, 0.2) is 10.8 Å². The fraction of sp³-hybridized carbons (Fsp3) is 0.229. The van der Waals surface area contributed by atoms with Gasteiger partial charge in [-0.05, 0) is 16.7 Å². The molecule has 2 aliphatic heterocycles. The molecule has 2 fully saturated rings. The van der Waals surface area contributed by atoms with Gasteiger partial charge in [0.2, 0.25) is 5.91 Å². The minimum absolute atomic E-state index is 0.0582. The molecule has 5 aromatic rings. The number of oxime groups is 1. The summed E-state index contributed by atoms with van der Waals surface area (Å²) in [5.41, 5.74) is -0.146. The van der Waals surface area contributed by atoms with E-state index < -0.39 is 52.5 Å². The largest absolute Gasteiger partial charge is 0.481 e. The lowest BCUT2D eigenvalue weighted by Gasteiger charge is -2.53. The predicted molar refractivity (Wildman–Crippen MR) is 199 cm³/mol. The summed E-state index contributed by atoms with van der Waals surface area (Å²) in [6, 6.07) is 28.2. The Labute approximate surface area is 318 Å². The fourth-order valence-electron chi connectivity index (χ4n) is 6.23. The number of anilines is 1. The molecule has 0 spiro atoms. The molecule has 4 heterocycles. The summed E-state index contributed by atoms with van der Waals surface area (Å²) in [6.07, 6.45) is 1.55. The van der Waals surface area contributed by atoms with Crippen LogP contribution in [0.3, 0.4) is 0 Å². The molecule has 2 aliphatic rings. The van der Waals surface area contributed by atoms with E-state index in [0.717, 1.165) is 39.8 Å². The number of alkyl halides is 2. The van der Waals surface area contributed by atoms with Crippen molar-refractivity contribution < 1.29 is 33.1 Å². The average molecular weight is 794 g/mol. The number of carboxylic acid groups (broad SMARTS) is 1. The van der Waals surface area contributed by atoms with E-state index in [2.05, 4.69) is 34.4 Å². The predicted octanol–water partition coefficient (Wildman–Crippen LogP) is 5.61. The smallest absolute Gasteiger partial charge is 0.407 e. The number of nitrogens with zero attached hydrogens (tertiary/aromatic N) is 5. The van der Waals surface area contributed by atoms with E-state index in [1.54, 1.807) is 6.20 Å². The molecule has 12 nitrogen and oxygen atoms in total. The third kappa shape index (κ3) is 7.36. The maximum atomic E-state index is 13.7. The molecule has 53 heavy (non-hydrogen) atoms. The number of hydrogen-bond donors (Lipinski definition) is 3. The molecule has 0 bridgehead atoms. The van der Waals surface area contributed by atoms with E-state index in [4.69, 9.17) is 0 Å². The number of β-lactam (4-membered cyclic amide) rings is 1. The highest BCUT2D eigenvalue weighted by Crippen LogP contribution is 2.45. The van der Waals surface area contributed by atoms with Crippen molar-refractivity contribution in [3.05, 3.63) is 125 Å². The number of benzene rings is 3. The van der Waals surface area contributed by atoms with E-state index in [-0.39, 0.29) is 23.7 Å². The van der Waals surface area contributed by atoms with Gasteiger partial charge in [0.05, 0.1) is 17.9 Å². The zero-order chi connectivity index (χ0) is 37.0. The van der Waals surface area contributed by atoms with Crippen LogP contribution in [0.15, 0.2) is 113 Å². The lowest BCUT2D eigenvalue weighted by molar-refractivity contribution is -0.157. The molecule has 18 heteroatoms. The minimum atomic E-state index is -3.33. The zero-order valence-electron chi connectivity index (χ0n) is 27.4. The first-order valence-electron chi connectivity index (χ1n) is 16.0. The van der Waals surface area contributed by atoms with E-state index in [9.17, 15) is 28.3 Å². The molecule has 0 saturated carbocycles. The van der Waals surface area contributed by atoms with Crippen LogP contribution >= 0.6 is 46.6 Å². The molecule has 2 saturated heterocycles. The van der Waals surface area contributed by atoms with Gasteiger partial charge in [0.25, 0.3) is 5.91 Å². The van der Waals surface area contributed by atoms with E-state index in [1.807, 2.05) is 91.0 Å². The Hall–Kier alpha value is -4.91. The van der Waals surface area contributed by atoms with Crippen molar-refractivity contribution in [2.45, 2.75) is 28.6 Å². The average Bonchev–Trinajstić information content (AvgIpc) is 3.89. The van der Waals surface area contributed by atoms with Gasteiger partial charge in [-0.3, -0.25) is 14.4 Å². The summed E-state index contributed by atoms with van der Waals surface area (Å²) < 4.78 is 34.6. The van der Waals surface area contributed by atoms with E-state index in [1.165, 1.54) is 33.8 Å². The van der Waals surface area contributed by atoms with Crippen molar-refractivity contribution in [1.82, 2.24) is 23.9 Å². The van der Waals surface area contributed by atoms with Gasteiger partial charge < -0.3 is 25.5 Å². The highest BCUT2D eigenvalue weighted by Gasteiger charge is 2.57. The molecule has 2 amide bonds. The summed E-state index contributed by atoms with van der Waals surface area (Å²) in [7, 11) is 0. The van der Waals surface area contributed by atoms with Crippen LogP contribution in [-0.2, 0) is 24.8 Å². The van der Waals surface area contributed by atoms with Crippen LogP contribution in [0.5, 0.6) is 0 Å². The third-order valence-corrected chi connectivity index (χ3v) is 13.0.